The summed E-state index contributed by atoms with van der Waals surface area (Å²) in [6.07, 6.45) is 2.86. The van der Waals surface area contributed by atoms with Crippen LogP contribution in [0.1, 0.15) is 24.9 Å². The summed E-state index contributed by atoms with van der Waals surface area (Å²) in [6.45, 7) is 2.16. The molecule has 1 aromatic heterocycles. The summed E-state index contributed by atoms with van der Waals surface area (Å²) in [6, 6.07) is 3.91. The zero-order chi connectivity index (χ0) is 11.1. The van der Waals surface area contributed by atoms with Crippen LogP contribution in [0.4, 0.5) is 5.82 Å². The van der Waals surface area contributed by atoms with Crippen molar-refractivity contribution < 1.29 is 0 Å². The van der Waals surface area contributed by atoms with Gasteiger partial charge in [0.15, 0.2) is 0 Å². The molecule has 0 spiro atoms. The van der Waals surface area contributed by atoms with Crippen molar-refractivity contribution in [2.75, 3.05) is 17.2 Å². The first-order valence-corrected chi connectivity index (χ1v) is 6.19. The molecule has 0 bridgehead atoms. The topological polar surface area (TPSA) is 77.0 Å². The molecule has 0 saturated heterocycles. The highest BCUT2D eigenvalue weighted by molar-refractivity contribution is 7.99. The Morgan fingerprint density at radius 2 is 2.40 bits per heavy atom. The maximum absolute atomic E-state index is 5.79. The van der Waals surface area contributed by atoms with E-state index < -0.39 is 0 Å². The summed E-state index contributed by atoms with van der Waals surface area (Å²) >= 11 is 1.86. The second kappa shape index (κ2) is 6.66. The number of nitrogens with one attached hydrogen (secondary N) is 1. The molecule has 0 amide bonds. The predicted molar refractivity (Wildman–Crippen MR) is 66.3 cm³/mol. The summed E-state index contributed by atoms with van der Waals surface area (Å²) in [5.74, 6) is 8.12. The average molecular weight is 226 g/mol. The molecule has 84 valence electrons. The van der Waals surface area contributed by atoms with Crippen LogP contribution in [-0.4, -0.2) is 16.5 Å². The lowest BCUT2D eigenvalue weighted by molar-refractivity contribution is 0.610. The molecule has 0 aliphatic rings. The Morgan fingerprint density at radius 3 is 3.00 bits per heavy atom. The fourth-order valence-corrected chi connectivity index (χ4v) is 2.26. The van der Waals surface area contributed by atoms with E-state index in [-0.39, 0.29) is 6.04 Å². The molecule has 1 atom stereocenters. The van der Waals surface area contributed by atoms with Crippen molar-refractivity contribution in [3.63, 3.8) is 0 Å². The van der Waals surface area contributed by atoms with Crippen molar-refractivity contribution in [3.8, 4) is 0 Å². The van der Waals surface area contributed by atoms with Crippen LogP contribution in [0.25, 0.3) is 0 Å². The smallest absolute Gasteiger partial charge is 0.128 e. The molecule has 0 aliphatic carbocycles. The van der Waals surface area contributed by atoms with Gasteiger partial charge in [0.1, 0.15) is 5.82 Å². The average Bonchev–Trinajstić information content (AvgIpc) is 2.26. The Labute approximate surface area is 94.8 Å². The molecule has 1 heterocycles. The van der Waals surface area contributed by atoms with Gasteiger partial charge in [0, 0.05) is 17.5 Å². The minimum Gasteiger partial charge on any atom is -0.383 e. The number of hydrogen-bond donors (Lipinski definition) is 3. The standard InChI is InChI=1S/C10H18N4S/c1-2-6-15-7-9(14-12)8-4-3-5-13-10(8)11/h3-5,9,14H,2,6-7,12H2,1H3,(H2,11,13). The maximum Gasteiger partial charge on any atom is 0.128 e. The molecule has 0 radical (unpaired) electrons. The van der Waals surface area contributed by atoms with E-state index in [0.717, 1.165) is 17.1 Å². The summed E-state index contributed by atoms with van der Waals surface area (Å²) in [7, 11) is 0. The Kier molecular flexibility index (Phi) is 5.45. The highest BCUT2D eigenvalue weighted by atomic mass is 32.2. The van der Waals surface area contributed by atoms with Gasteiger partial charge in [-0.15, -0.1) is 0 Å². The quantitative estimate of drug-likeness (QED) is 0.387. The molecule has 4 nitrogen and oxygen atoms in total. The molecule has 5 heteroatoms. The van der Waals surface area contributed by atoms with E-state index in [2.05, 4.69) is 17.3 Å². The summed E-state index contributed by atoms with van der Waals surface area (Å²) in [5, 5.41) is 0. The number of rotatable bonds is 6. The normalized spacial score (nSPS) is 12.7. The Morgan fingerprint density at radius 1 is 1.60 bits per heavy atom. The van der Waals surface area contributed by atoms with Crippen molar-refractivity contribution in [3.05, 3.63) is 23.9 Å². The zero-order valence-corrected chi connectivity index (χ0v) is 9.76. The first-order chi connectivity index (χ1) is 7.29. The highest BCUT2D eigenvalue weighted by Gasteiger charge is 2.12. The van der Waals surface area contributed by atoms with Crippen molar-refractivity contribution in [1.29, 1.82) is 0 Å². The van der Waals surface area contributed by atoms with Gasteiger partial charge in [0.2, 0.25) is 0 Å². The van der Waals surface area contributed by atoms with Gasteiger partial charge in [-0.05, 0) is 18.2 Å². The van der Waals surface area contributed by atoms with Crippen LogP contribution in [0.5, 0.6) is 0 Å². The number of hydrogen-bond acceptors (Lipinski definition) is 5. The monoisotopic (exact) mass is 226 g/mol. The van der Waals surface area contributed by atoms with E-state index >= 15 is 0 Å². The van der Waals surface area contributed by atoms with Crippen LogP contribution < -0.4 is 17.0 Å². The summed E-state index contributed by atoms with van der Waals surface area (Å²) in [5.41, 5.74) is 9.54. The van der Waals surface area contributed by atoms with E-state index in [4.69, 9.17) is 11.6 Å². The molecule has 0 fully saturated rings. The molecule has 5 N–H and O–H groups in total. The van der Waals surface area contributed by atoms with Crippen molar-refractivity contribution >= 4 is 17.6 Å². The molecule has 0 aliphatic heterocycles. The van der Waals surface area contributed by atoms with E-state index in [1.54, 1.807) is 6.20 Å². The third-order valence-corrected chi connectivity index (χ3v) is 3.35. The van der Waals surface area contributed by atoms with Crippen molar-refractivity contribution in [2.45, 2.75) is 19.4 Å². The number of anilines is 1. The molecule has 0 aromatic carbocycles. The van der Waals surface area contributed by atoms with Crippen LogP contribution >= 0.6 is 11.8 Å². The second-order valence-electron chi connectivity index (χ2n) is 3.27. The molecule has 1 aromatic rings. The molecular weight excluding hydrogens is 208 g/mol. The first kappa shape index (κ1) is 12.3. The molecule has 15 heavy (non-hydrogen) atoms. The third-order valence-electron chi connectivity index (χ3n) is 2.08. The van der Waals surface area contributed by atoms with Crippen LogP contribution in [0.2, 0.25) is 0 Å². The van der Waals surface area contributed by atoms with Gasteiger partial charge < -0.3 is 5.73 Å². The van der Waals surface area contributed by atoms with Crippen LogP contribution in [-0.2, 0) is 0 Å². The Bertz CT molecular complexity index is 293. The zero-order valence-electron chi connectivity index (χ0n) is 8.94. The minimum atomic E-state index is 0.0789. The van der Waals surface area contributed by atoms with Crippen LogP contribution in [0, 0.1) is 0 Å². The van der Waals surface area contributed by atoms with Gasteiger partial charge in [0.05, 0.1) is 6.04 Å². The van der Waals surface area contributed by atoms with Gasteiger partial charge in [0.25, 0.3) is 0 Å². The molecule has 0 saturated carbocycles. The predicted octanol–water partition coefficient (Wildman–Crippen LogP) is 1.31. The van der Waals surface area contributed by atoms with Gasteiger partial charge in [-0.1, -0.05) is 13.0 Å². The number of thioether (sulfide) groups is 1. The molecule has 1 unspecified atom stereocenters. The van der Waals surface area contributed by atoms with Crippen LogP contribution in [0.15, 0.2) is 18.3 Å². The van der Waals surface area contributed by atoms with Gasteiger partial charge in [-0.25, -0.2) is 4.98 Å². The Balaban J connectivity index is 2.61. The molecule has 1 rings (SSSR count). The van der Waals surface area contributed by atoms with E-state index in [9.17, 15) is 0 Å². The summed E-state index contributed by atoms with van der Waals surface area (Å²) in [4.78, 5) is 4.05. The lowest BCUT2D eigenvalue weighted by Gasteiger charge is -2.16. The van der Waals surface area contributed by atoms with Crippen LogP contribution in [0.3, 0.4) is 0 Å². The number of nitrogens with two attached hydrogens (primary N) is 2. The van der Waals surface area contributed by atoms with Crippen molar-refractivity contribution in [2.24, 2.45) is 5.84 Å². The van der Waals surface area contributed by atoms with E-state index in [1.807, 2.05) is 23.9 Å². The van der Waals surface area contributed by atoms with E-state index in [0.29, 0.717) is 5.82 Å². The number of pyridine rings is 1. The lowest BCUT2D eigenvalue weighted by Crippen LogP contribution is -2.30. The maximum atomic E-state index is 5.79. The van der Waals surface area contributed by atoms with E-state index in [1.165, 1.54) is 6.42 Å². The highest BCUT2D eigenvalue weighted by Crippen LogP contribution is 2.21. The summed E-state index contributed by atoms with van der Waals surface area (Å²) < 4.78 is 0. The number of nitrogens with zero attached hydrogens (tertiary/aromatic N) is 1. The lowest BCUT2D eigenvalue weighted by atomic mass is 10.1. The molecular formula is C10H18N4S. The minimum absolute atomic E-state index is 0.0789. The fourth-order valence-electron chi connectivity index (χ4n) is 1.30. The second-order valence-corrected chi connectivity index (χ2v) is 4.42. The SMILES string of the molecule is CCCSCC(NN)c1cccnc1N. The van der Waals surface area contributed by atoms with Gasteiger partial charge in [-0.3, -0.25) is 11.3 Å². The number of nitrogen functional groups attached to an aromatic ring is 1. The largest absolute Gasteiger partial charge is 0.383 e. The Hall–Kier alpha value is -0.780. The number of hydrazine groups is 1. The number of aromatic nitrogens is 1. The first-order valence-electron chi connectivity index (χ1n) is 5.03. The fraction of sp³-hybridized carbons (Fsp3) is 0.500. The van der Waals surface area contributed by atoms with Gasteiger partial charge in [-0.2, -0.15) is 11.8 Å². The van der Waals surface area contributed by atoms with Crippen molar-refractivity contribution in [1.82, 2.24) is 10.4 Å². The third kappa shape index (κ3) is 3.70. The van der Waals surface area contributed by atoms with Gasteiger partial charge >= 0.3 is 0 Å².